The molecule has 0 bridgehead atoms. The van der Waals surface area contributed by atoms with Crippen molar-refractivity contribution in [2.75, 3.05) is 31.2 Å². The first kappa shape index (κ1) is 14.7. The lowest BCUT2D eigenvalue weighted by Gasteiger charge is -2.24. The SMILES string of the molecule is Cc1nc(Cl)cc2nc(Cl)nc(N3CCOC[C@@H](O)C3)c12. The summed E-state index contributed by atoms with van der Waals surface area (Å²) < 4.78 is 5.35. The number of hydrogen-bond acceptors (Lipinski definition) is 6. The number of halogens is 2. The third kappa shape index (κ3) is 3.03. The molecule has 21 heavy (non-hydrogen) atoms. The Morgan fingerprint density at radius 2 is 2.14 bits per heavy atom. The van der Waals surface area contributed by atoms with Gasteiger partial charge in [-0.25, -0.2) is 9.97 Å². The molecule has 1 atom stereocenters. The second-order valence-corrected chi connectivity index (χ2v) is 5.64. The quantitative estimate of drug-likeness (QED) is 0.636. The molecule has 2 aromatic rings. The van der Waals surface area contributed by atoms with Crippen molar-refractivity contribution >= 4 is 39.9 Å². The molecular formula is C13H14Cl2N4O2. The van der Waals surface area contributed by atoms with Crippen molar-refractivity contribution < 1.29 is 9.84 Å². The third-order valence-corrected chi connectivity index (χ3v) is 3.69. The van der Waals surface area contributed by atoms with E-state index in [9.17, 15) is 5.11 Å². The number of aryl methyl sites for hydroxylation is 1. The summed E-state index contributed by atoms with van der Waals surface area (Å²) >= 11 is 12.0. The van der Waals surface area contributed by atoms with Gasteiger partial charge in [-0.15, -0.1) is 0 Å². The molecule has 0 aromatic carbocycles. The molecule has 2 aromatic heterocycles. The molecule has 3 rings (SSSR count). The summed E-state index contributed by atoms with van der Waals surface area (Å²) in [5.74, 6) is 0.649. The highest BCUT2D eigenvalue weighted by Gasteiger charge is 2.22. The second-order valence-electron chi connectivity index (χ2n) is 4.92. The first-order valence-electron chi connectivity index (χ1n) is 6.56. The number of rotatable bonds is 1. The van der Waals surface area contributed by atoms with Crippen molar-refractivity contribution in [3.8, 4) is 0 Å². The van der Waals surface area contributed by atoms with Crippen molar-refractivity contribution in [1.29, 1.82) is 0 Å². The van der Waals surface area contributed by atoms with E-state index in [2.05, 4.69) is 15.0 Å². The van der Waals surface area contributed by atoms with Crippen LogP contribution in [0.1, 0.15) is 5.69 Å². The van der Waals surface area contributed by atoms with E-state index >= 15 is 0 Å². The second kappa shape index (κ2) is 5.88. The molecule has 0 spiro atoms. The predicted octanol–water partition coefficient (Wildman–Crippen LogP) is 1.84. The molecule has 1 saturated heterocycles. The Bertz CT molecular complexity index is 678. The fraction of sp³-hybridized carbons (Fsp3) is 0.462. The highest BCUT2D eigenvalue weighted by atomic mass is 35.5. The highest BCUT2D eigenvalue weighted by Crippen LogP contribution is 2.29. The van der Waals surface area contributed by atoms with Crippen molar-refractivity contribution in [2.24, 2.45) is 0 Å². The predicted molar refractivity (Wildman–Crippen MR) is 81.1 cm³/mol. The monoisotopic (exact) mass is 328 g/mol. The van der Waals surface area contributed by atoms with E-state index in [1.54, 1.807) is 6.07 Å². The van der Waals surface area contributed by atoms with Crippen LogP contribution in [0.4, 0.5) is 5.82 Å². The number of hydrogen-bond donors (Lipinski definition) is 1. The Morgan fingerprint density at radius 1 is 1.33 bits per heavy atom. The van der Waals surface area contributed by atoms with Crippen molar-refractivity contribution in [1.82, 2.24) is 15.0 Å². The Morgan fingerprint density at radius 3 is 2.95 bits per heavy atom. The molecule has 3 heterocycles. The molecule has 0 unspecified atom stereocenters. The largest absolute Gasteiger partial charge is 0.389 e. The van der Waals surface area contributed by atoms with Gasteiger partial charge in [-0.1, -0.05) is 11.6 Å². The van der Waals surface area contributed by atoms with Gasteiger partial charge < -0.3 is 14.7 Å². The summed E-state index contributed by atoms with van der Waals surface area (Å²) in [5.41, 5.74) is 1.37. The normalized spacial score (nSPS) is 19.8. The first-order chi connectivity index (χ1) is 10.0. The van der Waals surface area contributed by atoms with Crippen LogP contribution in [0.5, 0.6) is 0 Å². The molecule has 1 aliphatic heterocycles. The van der Waals surface area contributed by atoms with Crippen LogP contribution in [0.2, 0.25) is 10.4 Å². The minimum Gasteiger partial charge on any atom is -0.389 e. The summed E-state index contributed by atoms with van der Waals surface area (Å²) in [6, 6.07) is 1.66. The van der Waals surface area contributed by atoms with Crippen LogP contribution >= 0.6 is 23.2 Å². The van der Waals surface area contributed by atoms with Gasteiger partial charge in [0.2, 0.25) is 5.28 Å². The third-order valence-electron chi connectivity index (χ3n) is 3.33. The molecule has 6 nitrogen and oxygen atoms in total. The maximum atomic E-state index is 9.90. The van der Waals surface area contributed by atoms with Gasteiger partial charge in [0.05, 0.1) is 35.9 Å². The highest BCUT2D eigenvalue weighted by molar-refractivity contribution is 6.30. The smallest absolute Gasteiger partial charge is 0.224 e. The number of ether oxygens (including phenoxy) is 1. The van der Waals surface area contributed by atoms with E-state index in [-0.39, 0.29) is 5.28 Å². The minimum absolute atomic E-state index is 0.138. The van der Waals surface area contributed by atoms with E-state index in [4.69, 9.17) is 27.9 Å². The Hall–Kier alpha value is -1.21. The average Bonchev–Trinajstić information content (AvgIpc) is 2.61. The Labute approximate surface area is 131 Å². The van der Waals surface area contributed by atoms with E-state index in [1.807, 2.05) is 11.8 Å². The Kier molecular flexibility index (Phi) is 4.12. The van der Waals surface area contributed by atoms with E-state index in [0.717, 1.165) is 11.1 Å². The number of pyridine rings is 1. The average molecular weight is 329 g/mol. The zero-order chi connectivity index (χ0) is 15.0. The van der Waals surface area contributed by atoms with Gasteiger partial charge in [-0.05, 0) is 18.5 Å². The van der Waals surface area contributed by atoms with Crippen molar-refractivity contribution in [3.63, 3.8) is 0 Å². The van der Waals surface area contributed by atoms with Crippen molar-refractivity contribution in [2.45, 2.75) is 13.0 Å². The molecule has 112 valence electrons. The number of aliphatic hydroxyl groups excluding tert-OH is 1. The van der Waals surface area contributed by atoms with Gasteiger partial charge in [0.15, 0.2) is 0 Å². The van der Waals surface area contributed by atoms with Crippen molar-refractivity contribution in [3.05, 3.63) is 22.2 Å². The molecule has 1 N–H and O–H groups in total. The summed E-state index contributed by atoms with van der Waals surface area (Å²) in [6.07, 6.45) is -0.572. The number of aromatic nitrogens is 3. The lowest BCUT2D eigenvalue weighted by atomic mass is 10.2. The number of fused-ring (bicyclic) bond motifs is 1. The molecule has 0 radical (unpaired) electrons. The van der Waals surface area contributed by atoms with Gasteiger partial charge in [-0.2, -0.15) is 4.98 Å². The number of anilines is 1. The summed E-state index contributed by atoms with van der Waals surface area (Å²) in [7, 11) is 0. The van der Waals surface area contributed by atoms with Gasteiger partial charge in [0.1, 0.15) is 11.0 Å². The van der Waals surface area contributed by atoms with Crippen LogP contribution in [0.25, 0.3) is 10.9 Å². The zero-order valence-electron chi connectivity index (χ0n) is 11.4. The summed E-state index contributed by atoms with van der Waals surface area (Å²) in [6.45, 7) is 3.71. The lowest BCUT2D eigenvalue weighted by Crippen LogP contribution is -2.33. The maximum absolute atomic E-state index is 9.90. The molecular weight excluding hydrogens is 315 g/mol. The van der Waals surface area contributed by atoms with Gasteiger partial charge >= 0.3 is 0 Å². The van der Waals surface area contributed by atoms with Crippen LogP contribution < -0.4 is 4.90 Å². The minimum atomic E-state index is -0.572. The summed E-state index contributed by atoms with van der Waals surface area (Å²) in [5, 5.41) is 11.2. The van der Waals surface area contributed by atoms with Crippen LogP contribution in [-0.4, -0.2) is 52.5 Å². The van der Waals surface area contributed by atoms with Gasteiger partial charge in [-0.3, -0.25) is 0 Å². The molecule has 0 aliphatic carbocycles. The van der Waals surface area contributed by atoms with Crippen LogP contribution in [0.15, 0.2) is 6.07 Å². The zero-order valence-corrected chi connectivity index (χ0v) is 12.9. The number of β-amino-alcohol motifs (C(OH)–C–C–N with tert-alkyl or cyclic N) is 1. The number of nitrogens with zero attached hydrogens (tertiary/aromatic N) is 4. The molecule has 0 saturated carbocycles. The molecule has 1 aliphatic rings. The Balaban J connectivity index is 2.16. The standard InChI is InChI=1S/C13H14Cl2N4O2/c1-7-11-9(4-10(14)16-7)17-13(15)18-12(11)19-2-3-21-6-8(20)5-19/h4,8,20H,2-3,5-6H2,1H3/t8-/m0/s1. The summed E-state index contributed by atoms with van der Waals surface area (Å²) in [4.78, 5) is 14.7. The number of aliphatic hydroxyl groups is 1. The van der Waals surface area contributed by atoms with Crippen LogP contribution in [0.3, 0.4) is 0 Å². The molecule has 0 amide bonds. The van der Waals surface area contributed by atoms with Gasteiger partial charge in [0.25, 0.3) is 0 Å². The molecule has 8 heteroatoms. The van der Waals surface area contributed by atoms with E-state index in [1.165, 1.54) is 0 Å². The maximum Gasteiger partial charge on any atom is 0.224 e. The fourth-order valence-electron chi connectivity index (χ4n) is 2.46. The first-order valence-corrected chi connectivity index (χ1v) is 7.31. The van der Waals surface area contributed by atoms with Gasteiger partial charge in [0, 0.05) is 19.2 Å². The molecule has 1 fully saturated rings. The fourth-order valence-corrected chi connectivity index (χ4v) is 2.87. The van der Waals surface area contributed by atoms with E-state index < -0.39 is 6.10 Å². The topological polar surface area (TPSA) is 71.4 Å². The van der Waals surface area contributed by atoms with Crippen LogP contribution in [0, 0.1) is 6.92 Å². The lowest BCUT2D eigenvalue weighted by molar-refractivity contribution is 0.0597. The van der Waals surface area contributed by atoms with Crippen LogP contribution in [-0.2, 0) is 4.74 Å². The van der Waals surface area contributed by atoms with E-state index in [0.29, 0.717) is 42.8 Å².